The Balaban J connectivity index is 1.41. The molecule has 0 saturated carbocycles. The van der Waals surface area contributed by atoms with E-state index < -0.39 is 11.7 Å². The minimum absolute atomic E-state index is 0.0872. The average molecular weight is 581 g/mol. The number of β-amino-alcohol motifs (C(OH)–C–C–N with tert-alkyl or cyclic N) is 1. The fraction of sp³-hybridized carbons (Fsp3) is 0.500. The maximum atomic E-state index is 13.9. The Kier molecular flexibility index (Phi) is 8.92. The molecule has 0 unspecified atom stereocenters. The largest absolute Gasteiger partial charge is 0.420 e. The molecule has 13 heteroatoms. The minimum atomic E-state index is -4.59. The van der Waals surface area contributed by atoms with Crippen LogP contribution in [0.15, 0.2) is 29.3 Å². The third kappa shape index (κ3) is 6.65. The van der Waals surface area contributed by atoms with Crippen LogP contribution in [0.25, 0.3) is 10.6 Å². The van der Waals surface area contributed by atoms with Crippen LogP contribution in [0.3, 0.4) is 0 Å². The summed E-state index contributed by atoms with van der Waals surface area (Å²) in [7, 11) is 0. The number of rotatable bonds is 7. The van der Waals surface area contributed by atoms with Gasteiger partial charge < -0.3 is 20.1 Å². The highest BCUT2D eigenvalue weighted by molar-refractivity contribution is 7.99. The molecule has 0 atom stereocenters. The van der Waals surface area contributed by atoms with Gasteiger partial charge in [-0.15, -0.1) is 23.1 Å². The lowest BCUT2D eigenvalue weighted by Gasteiger charge is -2.23. The number of aryl methyl sites for hydroxylation is 1. The number of alkyl halides is 3. The Hall–Kier alpha value is -2.45. The van der Waals surface area contributed by atoms with E-state index in [0.29, 0.717) is 36.7 Å². The molecule has 5 heterocycles. The summed E-state index contributed by atoms with van der Waals surface area (Å²) in [6.45, 7) is 7.26. The monoisotopic (exact) mass is 580 g/mol. The van der Waals surface area contributed by atoms with Gasteiger partial charge in [-0.3, -0.25) is 4.90 Å². The number of nitrogens with zero attached hydrogens (tertiary/aromatic N) is 5. The molecule has 0 aliphatic carbocycles. The number of pyridine rings is 1. The second-order valence-corrected chi connectivity index (χ2v) is 11.6. The van der Waals surface area contributed by atoms with Gasteiger partial charge >= 0.3 is 6.18 Å². The number of thiophene rings is 1. The summed E-state index contributed by atoms with van der Waals surface area (Å²) in [5.41, 5.74) is 0.439. The Morgan fingerprint density at radius 1 is 1.15 bits per heavy atom. The fourth-order valence-electron chi connectivity index (χ4n) is 4.70. The number of nitrogens with one attached hydrogen (secondary N) is 1. The first-order valence-corrected chi connectivity index (χ1v) is 14.8. The van der Waals surface area contributed by atoms with Crippen molar-refractivity contribution in [2.24, 2.45) is 0 Å². The fourth-order valence-corrected chi connectivity index (χ4v) is 6.91. The Morgan fingerprint density at radius 3 is 2.82 bits per heavy atom. The lowest BCUT2D eigenvalue weighted by Crippen LogP contribution is -2.32. The molecule has 0 bridgehead atoms. The van der Waals surface area contributed by atoms with Gasteiger partial charge in [0.25, 0.3) is 0 Å². The van der Waals surface area contributed by atoms with E-state index in [-0.39, 0.29) is 18.2 Å². The molecule has 1 fully saturated rings. The second-order valence-electron chi connectivity index (χ2n) is 9.30. The van der Waals surface area contributed by atoms with Gasteiger partial charge in [-0.1, -0.05) is 6.92 Å². The second kappa shape index (κ2) is 12.4. The van der Waals surface area contributed by atoms with Crippen molar-refractivity contribution in [1.29, 1.82) is 0 Å². The van der Waals surface area contributed by atoms with Crippen LogP contribution in [0.2, 0.25) is 0 Å². The highest BCUT2D eigenvalue weighted by Gasteiger charge is 2.36. The molecule has 3 aromatic rings. The molecule has 0 spiro atoms. The van der Waals surface area contributed by atoms with Crippen molar-refractivity contribution in [1.82, 2.24) is 19.9 Å². The normalized spacial score (nSPS) is 17.0. The molecule has 2 aliphatic rings. The molecule has 3 aromatic heterocycles. The molecule has 2 N–H and O–H groups in total. The number of fused-ring (bicyclic) bond motifs is 1. The van der Waals surface area contributed by atoms with Gasteiger partial charge in [-0.05, 0) is 37.6 Å². The first-order chi connectivity index (χ1) is 18.9. The molecule has 210 valence electrons. The van der Waals surface area contributed by atoms with Gasteiger partial charge in [0.1, 0.15) is 11.4 Å². The third-order valence-corrected chi connectivity index (χ3v) is 8.98. The zero-order valence-corrected chi connectivity index (χ0v) is 23.3. The zero-order valence-electron chi connectivity index (χ0n) is 21.6. The van der Waals surface area contributed by atoms with Gasteiger partial charge in [0.05, 0.1) is 41.8 Å². The van der Waals surface area contributed by atoms with Gasteiger partial charge in [0, 0.05) is 47.9 Å². The van der Waals surface area contributed by atoms with Gasteiger partial charge in [0.2, 0.25) is 5.95 Å². The van der Waals surface area contributed by atoms with Gasteiger partial charge in [-0.2, -0.15) is 13.2 Å². The van der Waals surface area contributed by atoms with E-state index in [1.165, 1.54) is 11.3 Å². The van der Waals surface area contributed by atoms with Crippen LogP contribution >= 0.6 is 23.1 Å². The molecule has 1 saturated heterocycles. The predicted octanol–water partition coefficient (Wildman–Crippen LogP) is 5.05. The van der Waals surface area contributed by atoms with Crippen LogP contribution in [0.4, 0.5) is 30.6 Å². The standard InChI is InChI=1S/C26H31F3N6O2S2/c1-2-18-19(4-5-23(31-18)35-7-3-6-34(8-9-35)10-11-36)32-25-30-15-17(26(27,28)29)24(33-25)21-14-20-22(39-21)16-37-12-13-38-20/h4-5,14-15,36H,2-3,6-13,16H2,1H3,(H,30,32,33). The van der Waals surface area contributed by atoms with E-state index in [9.17, 15) is 18.3 Å². The molecule has 0 radical (unpaired) electrons. The maximum absolute atomic E-state index is 13.9. The summed E-state index contributed by atoms with van der Waals surface area (Å²) in [6.07, 6.45) is -2.14. The summed E-state index contributed by atoms with van der Waals surface area (Å²) in [4.78, 5) is 20.0. The number of hydrogen-bond acceptors (Lipinski definition) is 10. The highest BCUT2D eigenvalue weighted by Crippen LogP contribution is 2.43. The molecule has 39 heavy (non-hydrogen) atoms. The van der Waals surface area contributed by atoms with Crippen LogP contribution < -0.4 is 10.2 Å². The number of halogens is 3. The number of hydrogen-bond donors (Lipinski definition) is 2. The van der Waals surface area contributed by atoms with E-state index in [0.717, 1.165) is 65.8 Å². The van der Waals surface area contributed by atoms with E-state index in [1.807, 2.05) is 19.1 Å². The first kappa shape index (κ1) is 28.1. The van der Waals surface area contributed by atoms with Gasteiger partial charge in [0.15, 0.2) is 0 Å². The van der Waals surface area contributed by atoms with Crippen molar-refractivity contribution in [3.63, 3.8) is 0 Å². The number of aliphatic hydroxyl groups excluding tert-OH is 1. The Labute approximate surface area is 233 Å². The Bertz CT molecular complexity index is 1270. The minimum Gasteiger partial charge on any atom is -0.395 e. The molecular formula is C26H31F3N6O2S2. The van der Waals surface area contributed by atoms with Crippen LogP contribution in [0.5, 0.6) is 0 Å². The number of anilines is 3. The topological polar surface area (TPSA) is 86.6 Å². The lowest BCUT2D eigenvalue weighted by atomic mass is 10.2. The Morgan fingerprint density at radius 2 is 2.03 bits per heavy atom. The maximum Gasteiger partial charge on any atom is 0.420 e. The summed E-state index contributed by atoms with van der Waals surface area (Å²) >= 11 is 2.86. The quantitative estimate of drug-likeness (QED) is 0.399. The van der Waals surface area contributed by atoms with Crippen molar-refractivity contribution in [2.75, 3.05) is 61.9 Å². The van der Waals surface area contributed by atoms with E-state index >= 15 is 0 Å². The lowest BCUT2D eigenvalue weighted by molar-refractivity contribution is -0.137. The molecule has 8 nitrogen and oxygen atoms in total. The molecule has 0 amide bonds. The predicted molar refractivity (Wildman–Crippen MR) is 148 cm³/mol. The summed E-state index contributed by atoms with van der Waals surface area (Å²) in [5, 5.41) is 12.4. The summed E-state index contributed by atoms with van der Waals surface area (Å²) in [5.74, 6) is 1.70. The summed E-state index contributed by atoms with van der Waals surface area (Å²) < 4.78 is 47.3. The zero-order chi connectivity index (χ0) is 27.4. The number of thioether (sulfide) groups is 1. The van der Waals surface area contributed by atoms with Crippen molar-refractivity contribution in [3.05, 3.63) is 40.5 Å². The van der Waals surface area contributed by atoms with E-state index in [1.54, 1.807) is 17.8 Å². The molecule has 2 aliphatic heterocycles. The number of aromatic nitrogens is 3. The van der Waals surface area contributed by atoms with Crippen molar-refractivity contribution in [2.45, 2.75) is 37.4 Å². The molecular weight excluding hydrogens is 549 g/mol. The van der Waals surface area contributed by atoms with Crippen LogP contribution in [0.1, 0.15) is 29.5 Å². The van der Waals surface area contributed by atoms with Crippen LogP contribution in [-0.4, -0.2) is 76.6 Å². The van der Waals surface area contributed by atoms with Crippen molar-refractivity contribution < 1.29 is 23.0 Å². The smallest absolute Gasteiger partial charge is 0.395 e. The number of aliphatic hydroxyl groups is 1. The highest BCUT2D eigenvalue weighted by atomic mass is 32.2. The molecule has 5 rings (SSSR count). The molecule has 0 aromatic carbocycles. The first-order valence-electron chi connectivity index (χ1n) is 13.0. The van der Waals surface area contributed by atoms with Gasteiger partial charge in [-0.25, -0.2) is 15.0 Å². The van der Waals surface area contributed by atoms with Crippen LogP contribution in [0, 0.1) is 0 Å². The van der Waals surface area contributed by atoms with Crippen molar-refractivity contribution in [3.8, 4) is 10.6 Å². The van der Waals surface area contributed by atoms with E-state index in [4.69, 9.17) is 9.72 Å². The van der Waals surface area contributed by atoms with Crippen molar-refractivity contribution >= 4 is 40.6 Å². The number of ether oxygens (including phenoxy) is 1. The third-order valence-electron chi connectivity index (χ3n) is 6.69. The van der Waals surface area contributed by atoms with Crippen LogP contribution in [-0.2, 0) is 23.9 Å². The summed E-state index contributed by atoms with van der Waals surface area (Å²) in [6, 6.07) is 5.58. The average Bonchev–Trinajstić information content (AvgIpc) is 3.05. The van der Waals surface area contributed by atoms with E-state index in [2.05, 4.69) is 25.1 Å². The SMILES string of the molecule is CCc1nc(N2CCCN(CCO)CC2)ccc1Nc1ncc(C(F)(F)F)c(-c2cc3c(s2)COCCS3)n1.